The third kappa shape index (κ3) is 2.31. The molecule has 1 aliphatic heterocycles. The zero-order chi connectivity index (χ0) is 17.0. The van der Waals surface area contributed by atoms with Gasteiger partial charge in [0.2, 0.25) is 5.91 Å². The topological polar surface area (TPSA) is 75.9 Å². The van der Waals surface area contributed by atoms with E-state index in [0.29, 0.717) is 6.54 Å². The minimum absolute atomic E-state index is 0.0756. The lowest BCUT2D eigenvalue weighted by Gasteiger charge is -2.16. The van der Waals surface area contributed by atoms with Crippen LogP contribution in [-0.2, 0) is 24.7 Å². The summed E-state index contributed by atoms with van der Waals surface area (Å²) in [6, 6.07) is -0.254. The molecule has 1 fully saturated rings. The molecule has 1 N–H and O–H groups in total. The smallest absolute Gasteiger partial charge is 0.249 e. The van der Waals surface area contributed by atoms with Gasteiger partial charge in [0.25, 0.3) is 0 Å². The second-order valence-electron chi connectivity index (χ2n) is 6.61. The molecule has 0 aromatic carbocycles. The molecule has 1 unspecified atom stereocenters. The van der Waals surface area contributed by atoms with E-state index in [2.05, 4.69) is 20.4 Å². The molecule has 1 saturated heterocycles. The van der Waals surface area contributed by atoms with Crippen LogP contribution in [0, 0.1) is 0 Å². The first-order valence-electron chi connectivity index (χ1n) is 8.52. The van der Waals surface area contributed by atoms with Crippen molar-refractivity contribution in [3.63, 3.8) is 0 Å². The van der Waals surface area contributed by atoms with Crippen LogP contribution in [0.3, 0.4) is 0 Å². The zero-order valence-electron chi connectivity index (χ0n) is 13.9. The first kappa shape index (κ1) is 14.8. The normalized spacial score (nSPS) is 19.8. The van der Waals surface area contributed by atoms with Gasteiger partial charge < -0.3 is 10.2 Å². The summed E-state index contributed by atoms with van der Waals surface area (Å²) in [7, 11) is 1.86. The summed E-state index contributed by atoms with van der Waals surface area (Å²) < 4.78 is 1.71. The van der Waals surface area contributed by atoms with E-state index in [4.69, 9.17) is 0 Å². The highest BCUT2D eigenvalue weighted by molar-refractivity contribution is 7.19. The zero-order valence-corrected chi connectivity index (χ0v) is 14.7. The largest absolute Gasteiger partial charge is 0.358 e. The van der Waals surface area contributed by atoms with Gasteiger partial charge in [0.05, 0.1) is 17.3 Å². The van der Waals surface area contributed by atoms with Crippen molar-refractivity contribution in [2.24, 2.45) is 7.05 Å². The van der Waals surface area contributed by atoms with E-state index in [1.165, 1.54) is 16.9 Å². The third-order valence-corrected chi connectivity index (χ3v) is 6.22. The molecule has 0 radical (unpaired) electrons. The molecule has 5 rings (SSSR count). The van der Waals surface area contributed by atoms with Crippen LogP contribution in [-0.4, -0.2) is 38.2 Å². The van der Waals surface area contributed by atoms with E-state index in [9.17, 15) is 4.79 Å². The number of nitrogens with one attached hydrogen (secondary N) is 1. The van der Waals surface area contributed by atoms with E-state index in [1.54, 1.807) is 33.4 Å². The van der Waals surface area contributed by atoms with E-state index < -0.39 is 0 Å². The Labute approximate surface area is 148 Å². The molecule has 1 aliphatic carbocycles. The lowest BCUT2D eigenvalue weighted by Crippen LogP contribution is -2.33. The highest BCUT2D eigenvalue weighted by Crippen LogP contribution is 2.39. The number of amides is 1. The van der Waals surface area contributed by atoms with Crippen LogP contribution in [0.1, 0.15) is 23.3 Å². The minimum Gasteiger partial charge on any atom is -0.358 e. The maximum absolute atomic E-state index is 12.8. The van der Waals surface area contributed by atoms with Gasteiger partial charge in [0.15, 0.2) is 0 Å². The fourth-order valence-electron chi connectivity index (χ4n) is 3.82. The molecule has 4 heterocycles. The molecule has 0 bridgehead atoms. The predicted octanol–water partition coefficient (Wildman–Crippen LogP) is 2.13. The summed E-state index contributed by atoms with van der Waals surface area (Å²) in [5, 5.41) is 8.67. The van der Waals surface area contributed by atoms with Gasteiger partial charge in [-0.1, -0.05) is 0 Å². The van der Waals surface area contributed by atoms with Crippen LogP contribution >= 0.6 is 11.3 Å². The molecule has 8 heteroatoms. The number of thiophene rings is 1. The number of aryl methyl sites for hydroxylation is 3. The molecular formula is C17H18N6OS. The number of rotatable bonds is 3. The highest BCUT2D eigenvalue weighted by atomic mass is 32.1. The standard InChI is InChI=1S/C17H18N6OS/c1-22-8-10(7-20-22)23-6-5-12(17(23)24)21-15-14-11-3-2-4-13(11)25-16(14)19-9-18-15/h7-9,12H,2-6H2,1H3,(H,18,19,21). The Bertz CT molecular complexity index is 977. The first-order chi connectivity index (χ1) is 12.2. The number of hydrogen-bond acceptors (Lipinski definition) is 6. The van der Waals surface area contributed by atoms with Crippen molar-refractivity contribution in [2.45, 2.75) is 31.7 Å². The van der Waals surface area contributed by atoms with Crippen molar-refractivity contribution in [1.29, 1.82) is 0 Å². The summed E-state index contributed by atoms with van der Waals surface area (Å²) in [5.74, 6) is 0.877. The molecule has 7 nitrogen and oxygen atoms in total. The number of hydrogen-bond donors (Lipinski definition) is 1. The average molecular weight is 354 g/mol. The van der Waals surface area contributed by atoms with Crippen LogP contribution in [0.5, 0.6) is 0 Å². The molecule has 1 atom stereocenters. The molecule has 128 valence electrons. The predicted molar refractivity (Wildman–Crippen MR) is 97.0 cm³/mol. The van der Waals surface area contributed by atoms with Crippen molar-refractivity contribution in [1.82, 2.24) is 19.7 Å². The Hall–Kier alpha value is -2.48. The highest BCUT2D eigenvalue weighted by Gasteiger charge is 2.34. The van der Waals surface area contributed by atoms with Gasteiger partial charge in [-0.25, -0.2) is 9.97 Å². The van der Waals surface area contributed by atoms with Crippen LogP contribution in [0.2, 0.25) is 0 Å². The lowest BCUT2D eigenvalue weighted by atomic mass is 10.1. The number of nitrogens with zero attached hydrogens (tertiary/aromatic N) is 5. The number of fused-ring (bicyclic) bond motifs is 3. The Kier molecular flexibility index (Phi) is 3.27. The second kappa shape index (κ2) is 5.52. The maximum atomic E-state index is 12.8. The third-order valence-electron chi connectivity index (χ3n) is 5.02. The molecule has 0 spiro atoms. The molecule has 1 amide bonds. The Morgan fingerprint density at radius 1 is 1.32 bits per heavy atom. The Morgan fingerprint density at radius 2 is 2.24 bits per heavy atom. The molecule has 3 aromatic rings. The van der Waals surface area contributed by atoms with Gasteiger partial charge >= 0.3 is 0 Å². The van der Waals surface area contributed by atoms with Gasteiger partial charge in [-0.15, -0.1) is 11.3 Å². The van der Waals surface area contributed by atoms with Crippen LogP contribution in [0.15, 0.2) is 18.7 Å². The summed E-state index contributed by atoms with van der Waals surface area (Å²) in [6.07, 6.45) is 9.36. The van der Waals surface area contributed by atoms with Gasteiger partial charge in [-0.3, -0.25) is 9.48 Å². The van der Waals surface area contributed by atoms with Crippen LogP contribution < -0.4 is 10.2 Å². The number of carbonyl (C=O) groups excluding carboxylic acids is 1. The monoisotopic (exact) mass is 354 g/mol. The van der Waals surface area contributed by atoms with Crippen molar-refractivity contribution in [2.75, 3.05) is 16.8 Å². The fraction of sp³-hybridized carbons (Fsp3) is 0.412. The van der Waals surface area contributed by atoms with Gasteiger partial charge in [-0.05, 0) is 31.2 Å². The Morgan fingerprint density at radius 3 is 3.08 bits per heavy atom. The summed E-state index contributed by atoms with van der Waals surface area (Å²) in [4.78, 5) is 25.9. The summed E-state index contributed by atoms with van der Waals surface area (Å²) >= 11 is 1.76. The summed E-state index contributed by atoms with van der Waals surface area (Å²) in [6.45, 7) is 0.693. The van der Waals surface area contributed by atoms with Crippen molar-refractivity contribution >= 4 is 39.0 Å². The van der Waals surface area contributed by atoms with Crippen LogP contribution in [0.4, 0.5) is 11.5 Å². The first-order valence-corrected chi connectivity index (χ1v) is 9.34. The number of aromatic nitrogens is 4. The molecule has 25 heavy (non-hydrogen) atoms. The SMILES string of the molecule is Cn1cc(N2CCC(Nc3ncnc4sc5c(c34)CCC5)C2=O)cn1. The van der Waals surface area contributed by atoms with E-state index in [1.807, 2.05) is 13.2 Å². The van der Waals surface area contributed by atoms with Crippen molar-refractivity contribution in [3.05, 3.63) is 29.2 Å². The quantitative estimate of drug-likeness (QED) is 0.780. The van der Waals surface area contributed by atoms with Gasteiger partial charge in [0.1, 0.15) is 23.0 Å². The number of carbonyl (C=O) groups is 1. The average Bonchev–Trinajstić information content (AvgIpc) is 3.33. The van der Waals surface area contributed by atoms with Gasteiger partial charge in [-0.2, -0.15) is 5.10 Å². The Balaban J connectivity index is 1.45. The van der Waals surface area contributed by atoms with E-state index in [-0.39, 0.29) is 11.9 Å². The second-order valence-corrected chi connectivity index (χ2v) is 7.69. The van der Waals surface area contributed by atoms with Gasteiger partial charge in [0, 0.05) is 24.7 Å². The molecule has 3 aromatic heterocycles. The molecule has 2 aliphatic rings. The summed E-state index contributed by atoms with van der Waals surface area (Å²) in [5.41, 5.74) is 2.22. The lowest BCUT2D eigenvalue weighted by molar-refractivity contribution is -0.117. The maximum Gasteiger partial charge on any atom is 0.249 e. The van der Waals surface area contributed by atoms with Crippen molar-refractivity contribution < 1.29 is 4.79 Å². The van der Waals surface area contributed by atoms with E-state index >= 15 is 0 Å². The number of anilines is 2. The minimum atomic E-state index is -0.254. The molecule has 0 saturated carbocycles. The fourth-order valence-corrected chi connectivity index (χ4v) is 5.05. The van der Waals surface area contributed by atoms with E-state index in [0.717, 1.165) is 41.0 Å². The van der Waals surface area contributed by atoms with Crippen LogP contribution in [0.25, 0.3) is 10.2 Å². The van der Waals surface area contributed by atoms with Crippen molar-refractivity contribution in [3.8, 4) is 0 Å². The molecular weight excluding hydrogens is 336 g/mol.